The van der Waals surface area contributed by atoms with Gasteiger partial charge in [-0.2, -0.15) is 0 Å². The molecule has 208 valence electrons. The Hall–Kier alpha value is -2.42. The van der Waals surface area contributed by atoms with E-state index in [1.165, 1.54) is 11.8 Å². The standard InChI is InChI=1S/C27H50N4O5/c1-12-26(28,13-2)23(35)30-27(14-3,15-4)24(36)29-20(25(8,9)10)21(32)31(11)19(17(5)6)16-18(7)22(33)34/h16-17,19-20H,12-15,28H2,1-11H3,(H,29,36)(H,30,35)(H,33,34)/b18-16+/t19-,20-/m1/s1. The van der Waals surface area contributed by atoms with Crippen LogP contribution in [0.2, 0.25) is 0 Å². The van der Waals surface area contributed by atoms with Crippen LogP contribution in [0, 0.1) is 11.3 Å². The van der Waals surface area contributed by atoms with E-state index >= 15 is 0 Å². The average Bonchev–Trinajstić information content (AvgIpc) is 2.81. The Bertz CT molecular complexity index is 821. The van der Waals surface area contributed by atoms with Crippen LogP contribution in [0.15, 0.2) is 11.6 Å². The highest BCUT2D eigenvalue weighted by molar-refractivity contribution is 5.97. The topological polar surface area (TPSA) is 142 Å². The molecule has 36 heavy (non-hydrogen) atoms. The van der Waals surface area contributed by atoms with E-state index < -0.39 is 46.4 Å². The van der Waals surface area contributed by atoms with Crippen LogP contribution < -0.4 is 16.4 Å². The summed E-state index contributed by atoms with van der Waals surface area (Å²) in [6, 6.07) is -1.40. The van der Waals surface area contributed by atoms with Gasteiger partial charge in [0.15, 0.2) is 0 Å². The zero-order valence-corrected chi connectivity index (χ0v) is 24.2. The second kappa shape index (κ2) is 13.2. The van der Waals surface area contributed by atoms with Gasteiger partial charge in [-0.15, -0.1) is 0 Å². The lowest BCUT2D eigenvalue weighted by Gasteiger charge is -2.41. The second-order valence-electron chi connectivity index (χ2n) is 11.2. The van der Waals surface area contributed by atoms with Crippen LogP contribution in [0.5, 0.6) is 0 Å². The van der Waals surface area contributed by atoms with Gasteiger partial charge in [-0.1, -0.05) is 68.4 Å². The number of nitrogens with two attached hydrogens (primary N) is 1. The van der Waals surface area contributed by atoms with E-state index in [0.717, 1.165) is 0 Å². The highest BCUT2D eigenvalue weighted by atomic mass is 16.4. The smallest absolute Gasteiger partial charge is 0.331 e. The molecule has 0 fully saturated rings. The number of carboxylic acid groups (broad SMARTS) is 1. The fourth-order valence-corrected chi connectivity index (χ4v) is 4.06. The second-order valence-corrected chi connectivity index (χ2v) is 11.2. The quantitative estimate of drug-likeness (QED) is 0.280. The molecule has 0 unspecified atom stereocenters. The van der Waals surface area contributed by atoms with Gasteiger partial charge in [0.05, 0.1) is 11.6 Å². The summed E-state index contributed by atoms with van der Waals surface area (Å²) < 4.78 is 0. The van der Waals surface area contributed by atoms with E-state index in [-0.39, 0.29) is 17.4 Å². The van der Waals surface area contributed by atoms with E-state index in [2.05, 4.69) is 10.6 Å². The molecule has 3 amide bonds. The summed E-state index contributed by atoms with van der Waals surface area (Å²) in [5.41, 5.74) is 3.45. The molecule has 0 aliphatic rings. The van der Waals surface area contributed by atoms with Gasteiger partial charge in [-0.05, 0) is 43.9 Å². The van der Waals surface area contributed by atoms with Gasteiger partial charge >= 0.3 is 5.97 Å². The van der Waals surface area contributed by atoms with Gasteiger partial charge in [-0.25, -0.2) is 4.79 Å². The van der Waals surface area contributed by atoms with Gasteiger partial charge in [0.1, 0.15) is 11.6 Å². The largest absolute Gasteiger partial charge is 0.478 e. The van der Waals surface area contributed by atoms with E-state index in [0.29, 0.717) is 25.7 Å². The maximum absolute atomic E-state index is 13.7. The molecule has 0 aliphatic carbocycles. The zero-order valence-electron chi connectivity index (χ0n) is 24.2. The maximum Gasteiger partial charge on any atom is 0.331 e. The Morgan fingerprint density at radius 2 is 1.42 bits per heavy atom. The zero-order chi connectivity index (χ0) is 28.6. The number of carbonyl (C=O) groups is 4. The summed E-state index contributed by atoms with van der Waals surface area (Å²) in [7, 11) is 1.61. The number of nitrogens with zero attached hydrogens (tertiary/aromatic N) is 1. The maximum atomic E-state index is 13.7. The Morgan fingerprint density at radius 3 is 1.75 bits per heavy atom. The molecule has 0 aromatic heterocycles. The third-order valence-electron chi connectivity index (χ3n) is 7.33. The first kappa shape index (κ1) is 33.6. The van der Waals surface area contributed by atoms with Crippen LogP contribution in [0.1, 0.15) is 94.9 Å². The number of hydrogen-bond acceptors (Lipinski definition) is 5. The lowest BCUT2D eigenvalue weighted by Crippen LogP contribution is -2.67. The minimum Gasteiger partial charge on any atom is -0.478 e. The van der Waals surface area contributed by atoms with Crippen molar-refractivity contribution in [2.75, 3.05) is 7.05 Å². The number of rotatable bonds is 13. The van der Waals surface area contributed by atoms with E-state index in [1.54, 1.807) is 13.1 Å². The Morgan fingerprint density at radius 1 is 0.944 bits per heavy atom. The minimum absolute atomic E-state index is 0.0602. The fourth-order valence-electron chi connectivity index (χ4n) is 4.06. The SMILES string of the molecule is CCC(N)(CC)C(=O)NC(CC)(CC)C(=O)N[C@H](C(=O)N(C)[C@H](/C=C(\C)C(=O)O)C(C)C)C(C)(C)C. The molecule has 0 saturated carbocycles. The summed E-state index contributed by atoms with van der Waals surface area (Å²) in [4.78, 5) is 53.4. The van der Waals surface area contributed by atoms with Crippen molar-refractivity contribution in [3.05, 3.63) is 11.6 Å². The molecule has 0 rings (SSSR count). The van der Waals surface area contributed by atoms with Crippen molar-refractivity contribution < 1.29 is 24.3 Å². The Balaban J connectivity index is 6.26. The Kier molecular flexibility index (Phi) is 12.3. The van der Waals surface area contributed by atoms with Crippen molar-refractivity contribution in [3.63, 3.8) is 0 Å². The van der Waals surface area contributed by atoms with Crippen molar-refractivity contribution in [2.24, 2.45) is 17.1 Å². The molecule has 0 radical (unpaired) electrons. The molecule has 0 aromatic carbocycles. The van der Waals surface area contributed by atoms with Crippen molar-refractivity contribution >= 4 is 23.7 Å². The first-order chi connectivity index (χ1) is 16.4. The lowest BCUT2D eigenvalue weighted by atomic mass is 9.83. The van der Waals surface area contributed by atoms with Crippen LogP contribution in [0.3, 0.4) is 0 Å². The van der Waals surface area contributed by atoms with Crippen LogP contribution in [-0.2, 0) is 19.2 Å². The fraction of sp³-hybridized carbons (Fsp3) is 0.778. The lowest BCUT2D eigenvalue weighted by molar-refractivity contribution is -0.143. The monoisotopic (exact) mass is 510 g/mol. The van der Waals surface area contributed by atoms with Crippen molar-refractivity contribution in [1.82, 2.24) is 15.5 Å². The molecule has 2 atom stereocenters. The number of aliphatic carboxylic acids is 1. The summed E-state index contributed by atoms with van der Waals surface area (Å²) in [5, 5.41) is 15.1. The van der Waals surface area contributed by atoms with Gasteiger partial charge in [0, 0.05) is 12.6 Å². The van der Waals surface area contributed by atoms with Crippen molar-refractivity contribution in [2.45, 2.75) is 118 Å². The first-order valence-corrected chi connectivity index (χ1v) is 13.0. The van der Waals surface area contributed by atoms with Crippen LogP contribution in [0.25, 0.3) is 0 Å². The predicted octanol–water partition coefficient (Wildman–Crippen LogP) is 3.22. The molecule has 9 nitrogen and oxygen atoms in total. The highest BCUT2D eigenvalue weighted by Gasteiger charge is 2.45. The van der Waals surface area contributed by atoms with Gasteiger partial charge in [0.25, 0.3) is 0 Å². The third-order valence-corrected chi connectivity index (χ3v) is 7.33. The molecule has 0 aliphatic heterocycles. The van der Waals surface area contributed by atoms with Gasteiger partial charge in [-0.3, -0.25) is 14.4 Å². The summed E-state index contributed by atoms with van der Waals surface area (Å²) >= 11 is 0. The molecule has 9 heteroatoms. The molecule has 0 bridgehead atoms. The van der Waals surface area contributed by atoms with Crippen LogP contribution in [0.4, 0.5) is 0 Å². The summed E-state index contributed by atoms with van der Waals surface area (Å²) in [6.07, 6.45) is 3.05. The normalized spacial score (nSPS) is 14.8. The molecule has 5 N–H and O–H groups in total. The van der Waals surface area contributed by atoms with Crippen LogP contribution >= 0.6 is 0 Å². The predicted molar refractivity (Wildman–Crippen MR) is 143 cm³/mol. The molecule has 0 heterocycles. The van der Waals surface area contributed by atoms with E-state index in [9.17, 15) is 24.3 Å². The summed E-state index contributed by atoms with van der Waals surface area (Å²) in [6.45, 7) is 18.1. The van der Waals surface area contributed by atoms with E-state index in [1.807, 2.05) is 62.3 Å². The molecular formula is C27H50N4O5. The van der Waals surface area contributed by atoms with Crippen molar-refractivity contribution in [1.29, 1.82) is 0 Å². The minimum atomic E-state index is -1.23. The molecule has 0 saturated heterocycles. The molecular weight excluding hydrogens is 460 g/mol. The highest BCUT2D eigenvalue weighted by Crippen LogP contribution is 2.26. The molecule has 0 aromatic rings. The molecule has 0 spiro atoms. The van der Waals surface area contributed by atoms with Gasteiger partial charge < -0.3 is 26.4 Å². The number of hydrogen-bond donors (Lipinski definition) is 4. The van der Waals surface area contributed by atoms with E-state index in [4.69, 9.17) is 5.73 Å². The van der Waals surface area contributed by atoms with Gasteiger partial charge in [0.2, 0.25) is 17.7 Å². The third kappa shape index (κ3) is 8.05. The number of likely N-dealkylation sites (N-methyl/N-ethyl adjacent to an activating group) is 1. The number of amides is 3. The number of nitrogens with one attached hydrogen (secondary N) is 2. The number of carbonyl (C=O) groups excluding carboxylic acids is 3. The first-order valence-electron chi connectivity index (χ1n) is 13.0. The van der Waals surface area contributed by atoms with Crippen LogP contribution in [-0.4, -0.2) is 63.9 Å². The number of carboxylic acids is 1. The average molecular weight is 511 g/mol. The van der Waals surface area contributed by atoms with Crippen molar-refractivity contribution in [3.8, 4) is 0 Å². The Labute approximate surface area is 217 Å². The summed E-state index contributed by atoms with van der Waals surface area (Å²) in [5.74, 6) is -2.29.